The molecule has 1 saturated heterocycles. The minimum absolute atomic E-state index is 0.0826. The molecule has 0 saturated carbocycles. The van der Waals surface area contributed by atoms with E-state index < -0.39 is 11.4 Å². The highest BCUT2D eigenvalue weighted by atomic mass is 16.5. The average Bonchev–Trinajstić information content (AvgIpc) is 2.75. The Balaban J connectivity index is 1.97. The van der Waals surface area contributed by atoms with Crippen molar-refractivity contribution in [1.82, 2.24) is 15.0 Å². The van der Waals surface area contributed by atoms with Gasteiger partial charge in [-0.2, -0.15) is 4.98 Å². The number of nitrogens with zero attached hydrogens (tertiary/aromatic N) is 4. The van der Waals surface area contributed by atoms with Crippen LogP contribution in [-0.4, -0.2) is 59.3 Å². The van der Waals surface area contributed by atoms with Gasteiger partial charge in [0.2, 0.25) is 5.89 Å². The Morgan fingerprint density at radius 3 is 2.60 bits per heavy atom. The minimum atomic E-state index is -0.811. The molecule has 20 heavy (non-hydrogen) atoms. The Hall–Kier alpha value is -1.63. The van der Waals surface area contributed by atoms with Crippen molar-refractivity contribution in [2.45, 2.75) is 26.7 Å². The maximum atomic E-state index is 10.8. The monoisotopic (exact) mass is 282 g/mol. The molecule has 0 spiro atoms. The van der Waals surface area contributed by atoms with E-state index in [0.717, 1.165) is 26.2 Å². The summed E-state index contributed by atoms with van der Waals surface area (Å²) in [4.78, 5) is 19.5. The molecule has 0 atom stereocenters. The minimum Gasteiger partial charge on any atom is -0.481 e. The van der Waals surface area contributed by atoms with Crippen LogP contribution < -0.4 is 4.90 Å². The highest BCUT2D eigenvalue weighted by Crippen LogP contribution is 2.26. The van der Waals surface area contributed by atoms with Crippen LogP contribution in [0.4, 0.5) is 5.95 Å². The van der Waals surface area contributed by atoms with Gasteiger partial charge >= 0.3 is 5.97 Å². The first-order valence-electron chi connectivity index (χ1n) is 6.84. The van der Waals surface area contributed by atoms with Gasteiger partial charge < -0.3 is 19.4 Å². The van der Waals surface area contributed by atoms with E-state index in [1.807, 2.05) is 13.8 Å². The molecule has 7 heteroatoms. The van der Waals surface area contributed by atoms with E-state index in [-0.39, 0.29) is 6.42 Å². The Kier molecular flexibility index (Phi) is 4.27. The molecule has 0 unspecified atom stereocenters. The Bertz CT molecular complexity index is 464. The van der Waals surface area contributed by atoms with Gasteiger partial charge in [0, 0.05) is 32.6 Å². The summed E-state index contributed by atoms with van der Waals surface area (Å²) in [6.45, 7) is 7.51. The SMILES string of the molecule is CN1CCN(c2noc(CC(C)(C)CC(=O)O)n2)CC1. The lowest BCUT2D eigenvalue weighted by atomic mass is 9.86. The Labute approximate surface area is 118 Å². The predicted molar refractivity (Wildman–Crippen MR) is 73.7 cm³/mol. The molecule has 1 N–H and O–H groups in total. The number of piperazine rings is 1. The Morgan fingerprint density at radius 2 is 2.00 bits per heavy atom. The Morgan fingerprint density at radius 1 is 1.35 bits per heavy atom. The molecule has 0 aromatic carbocycles. The maximum Gasteiger partial charge on any atom is 0.303 e. The van der Waals surface area contributed by atoms with E-state index in [0.29, 0.717) is 18.3 Å². The molecular formula is C13H22N4O3. The van der Waals surface area contributed by atoms with Crippen LogP contribution in [0.1, 0.15) is 26.2 Å². The van der Waals surface area contributed by atoms with Crippen molar-refractivity contribution in [2.24, 2.45) is 5.41 Å². The molecule has 1 aromatic rings. The summed E-state index contributed by atoms with van der Waals surface area (Å²) in [6, 6.07) is 0. The third-order valence-electron chi connectivity index (χ3n) is 3.50. The zero-order valence-corrected chi connectivity index (χ0v) is 12.3. The summed E-state index contributed by atoms with van der Waals surface area (Å²) in [5, 5.41) is 12.9. The van der Waals surface area contributed by atoms with E-state index in [1.54, 1.807) is 0 Å². The van der Waals surface area contributed by atoms with Gasteiger partial charge in [-0.15, -0.1) is 0 Å². The van der Waals surface area contributed by atoms with Crippen LogP contribution in [0.25, 0.3) is 0 Å². The van der Waals surface area contributed by atoms with Crippen LogP contribution in [0, 0.1) is 5.41 Å². The number of carbonyl (C=O) groups is 1. The largest absolute Gasteiger partial charge is 0.481 e. The number of anilines is 1. The summed E-state index contributed by atoms with van der Waals surface area (Å²) >= 11 is 0. The first-order chi connectivity index (χ1) is 9.35. The van der Waals surface area contributed by atoms with Crippen molar-refractivity contribution < 1.29 is 14.4 Å². The van der Waals surface area contributed by atoms with Crippen LogP contribution in [0.5, 0.6) is 0 Å². The molecule has 0 aliphatic carbocycles. The van der Waals surface area contributed by atoms with E-state index in [9.17, 15) is 4.79 Å². The summed E-state index contributed by atoms with van der Waals surface area (Å²) in [5.41, 5.74) is -0.391. The molecule has 0 amide bonds. The zero-order valence-electron chi connectivity index (χ0n) is 12.3. The van der Waals surface area contributed by atoms with Gasteiger partial charge in [0.1, 0.15) is 0 Å². The first-order valence-corrected chi connectivity index (χ1v) is 6.84. The fraction of sp³-hybridized carbons (Fsp3) is 0.769. The van der Waals surface area contributed by atoms with E-state index in [2.05, 4.69) is 27.0 Å². The zero-order chi connectivity index (χ0) is 14.8. The van der Waals surface area contributed by atoms with Gasteiger partial charge in [-0.05, 0) is 17.6 Å². The van der Waals surface area contributed by atoms with Gasteiger partial charge in [-0.1, -0.05) is 13.8 Å². The van der Waals surface area contributed by atoms with Gasteiger partial charge in [0.25, 0.3) is 5.95 Å². The fourth-order valence-electron chi connectivity index (χ4n) is 2.33. The number of hydrogen-bond acceptors (Lipinski definition) is 6. The lowest BCUT2D eigenvalue weighted by Crippen LogP contribution is -2.44. The molecule has 7 nitrogen and oxygen atoms in total. The van der Waals surface area contributed by atoms with Crippen LogP contribution >= 0.6 is 0 Å². The molecule has 1 aliphatic rings. The fourth-order valence-corrected chi connectivity index (χ4v) is 2.33. The van der Waals surface area contributed by atoms with Gasteiger partial charge in [0.15, 0.2) is 0 Å². The lowest BCUT2D eigenvalue weighted by Gasteiger charge is -2.31. The van der Waals surface area contributed by atoms with Crippen LogP contribution in [0.2, 0.25) is 0 Å². The highest BCUT2D eigenvalue weighted by molar-refractivity contribution is 5.67. The van der Waals surface area contributed by atoms with Gasteiger partial charge in [0.05, 0.1) is 6.42 Å². The third kappa shape index (κ3) is 3.93. The summed E-state index contributed by atoms with van der Waals surface area (Å²) < 4.78 is 5.25. The van der Waals surface area contributed by atoms with Crippen LogP contribution in [0.3, 0.4) is 0 Å². The number of aromatic nitrogens is 2. The molecular weight excluding hydrogens is 260 g/mol. The second-order valence-electron chi connectivity index (χ2n) is 6.19. The summed E-state index contributed by atoms with van der Waals surface area (Å²) in [6.07, 6.45) is 0.555. The molecule has 112 valence electrons. The summed E-state index contributed by atoms with van der Waals surface area (Å²) in [7, 11) is 2.09. The van der Waals surface area contributed by atoms with Crippen molar-refractivity contribution in [3.63, 3.8) is 0 Å². The van der Waals surface area contributed by atoms with E-state index in [4.69, 9.17) is 9.63 Å². The standard InChI is InChI=1S/C13H22N4O3/c1-13(2,9-11(18)19)8-10-14-12(15-20-10)17-6-4-16(3)5-7-17/h4-9H2,1-3H3,(H,18,19). The first kappa shape index (κ1) is 14.8. The lowest BCUT2D eigenvalue weighted by molar-refractivity contribution is -0.139. The maximum absolute atomic E-state index is 10.8. The molecule has 0 radical (unpaired) electrons. The number of carboxylic acids is 1. The molecule has 2 heterocycles. The third-order valence-corrected chi connectivity index (χ3v) is 3.50. The van der Waals surface area contributed by atoms with Crippen molar-refractivity contribution in [2.75, 3.05) is 38.1 Å². The molecule has 0 bridgehead atoms. The number of hydrogen-bond donors (Lipinski definition) is 1. The molecule has 1 aliphatic heterocycles. The van der Waals surface area contributed by atoms with Crippen molar-refractivity contribution >= 4 is 11.9 Å². The molecule has 1 aromatic heterocycles. The number of rotatable bonds is 5. The van der Waals surface area contributed by atoms with Crippen molar-refractivity contribution in [3.05, 3.63) is 5.89 Å². The molecule has 1 fully saturated rings. The van der Waals surface area contributed by atoms with Crippen molar-refractivity contribution in [3.8, 4) is 0 Å². The average molecular weight is 282 g/mol. The number of carboxylic acid groups (broad SMARTS) is 1. The van der Waals surface area contributed by atoms with E-state index >= 15 is 0 Å². The summed E-state index contributed by atoms with van der Waals surface area (Å²) in [5.74, 6) is 0.304. The molecule has 2 rings (SSSR count). The van der Waals surface area contributed by atoms with Gasteiger partial charge in [-0.25, -0.2) is 0 Å². The van der Waals surface area contributed by atoms with Gasteiger partial charge in [-0.3, -0.25) is 4.79 Å². The normalized spacial score (nSPS) is 17.4. The van der Waals surface area contributed by atoms with Crippen molar-refractivity contribution in [1.29, 1.82) is 0 Å². The van der Waals surface area contributed by atoms with Crippen LogP contribution in [0.15, 0.2) is 4.52 Å². The second kappa shape index (κ2) is 5.78. The highest BCUT2D eigenvalue weighted by Gasteiger charge is 2.26. The van der Waals surface area contributed by atoms with E-state index in [1.165, 1.54) is 0 Å². The number of likely N-dealkylation sites (N-methyl/N-ethyl adjacent to an activating group) is 1. The predicted octanol–water partition coefficient (Wildman–Crippen LogP) is 0.865. The number of aliphatic carboxylic acids is 1. The van der Waals surface area contributed by atoms with Crippen LogP contribution in [-0.2, 0) is 11.2 Å². The topological polar surface area (TPSA) is 82.7 Å². The quantitative estimate of drug-likeness (QED) is 0.857. The second-order valence-corrected chi connectivity index (χ2v) is 6.19. The smallest absolute Gasteiger partial charge is 0.303 e.